The molecule has 0 spiro atoms. The van der Waals surface area contributed by atoms with Crippen molar-refractivity contribution in [2.45, 2.75) is 105 Å². The van der Waals surface area contributed by atoms with Crippen molar-refractivity contribution in [2.75, 3.05) is 40.3 Å². The molecule has 1 unspecified atom stereocenters. The Labute approximate surface area is 248 Å². The maximum absolute atomic E-state index is 13.3. The molecule has 5 rings (SSSR count). The lowest BCUT2D eigenvalue weighted by Crippen LogP contribution is -2.51. The van der Waals surface area contributed by atoms with E-state index in [2.05, 4.69) is 50.0 Å². The quantitative estimate of drug-likeness (QED) is 0.212. The monoisotopic (exact) mass is 568 g/mol. The Hall–Kier alpha value is -1.73. The van der Waals surface area contributed by atoms with E-state index in [1.165, 1.54) is 37.7 Å². The smallest absolute Gasteiger partial charge is 0.313 e. The number of nitrogens with one attached hydrogen (secondary N) is 1. The lowest BCUT2D eigenvalue weighted by molar-refractivity contribution is -0.117. The minimum Gasteiger partial charge on any atom is -0.313 e. The standard InChI is InChI=1S/C34H56N4O3/c1-23(36-41-31(40)38(21-20-37(6)7)19-14-30-32(2,3)17-18-35-30)27-10-11-28-26-9-8-24-22-25(39)12-15-33(24,4)29(26)13-16-34(27,28)5/h22,26-30,35H,8-21H2,1-7H3/b36-23+/t26-,27+,28-,29-,30?,33-,34+/m0/s1. The van der Waals surface area contributed by atoms with Crippen LogP contribution in [0.5, 0.6) is 0 Å². The first-order valence-corrected chi connectivity index (χ1v) is 16.5. The fourth-order valence-corrected chi connectivity index (χ4v) is 9.89. The highest BCUT2D eigenvalue weighted by atomic mass is 16.7. The van der Waals surface area contributed by atoms with Crippen LogP contribution in [0.4, 0.5) is 4.79 Å². The van der Waals surface area contributed by atoms with Crippen molar-refractivity contribution >= 4 is 17.6 Å². The predicted molar refractivity (Wildman–Crippen MR) is 165 cm³/mol. The second-order valence-electron chi connectivity index (χ2n) is 15.6. The molecule has 1 aliphatic heterocycles. The van der Waals surface area contributed by atoms with Crippen molar-refractivity contribution in [1.82, 2.24) is 15.1 Å². The molecule has 0 aromatic carbocycles. The number of ketones is 1. The summed E-state index contributed by atoms with van der Waals surface area (Å²) in [4.78, 5) is 35.1. The van der Waals surface area contributed by atoms with Gasteiger partial charge in [-0.3, -0.25) is 9.63 Å². The first kappa shape index (κ1) is 30.7. The fraction of sp³-hybridized carbons (Fsp3) is 0.853. The van der Waals surface area contributed by atoms with Gasteiger partial charge in [-0.05, 0) is 125 Å². The van der Waals surface area contributed by atoms with E-state index < -0.39 is 0 Å². The maximum atomic E-state index is 13.3. The first-order chi connectivity index (χ1) is 19.3. The van der Waals surface area contributed by atoms with E-state index in [1.54, 1.807) is 0 Å². The van der Waals surface area contributed by atoms with Crippen LogP contribution < -0.4 is 5.32 Å². The molecular weight excluding hydrogens is 512 g/mol. The van der Waals surface area contributed by atoms with Gasteiger partial charge in [0.05, 0.1) is 5.71 Å². The topological polar surface area (TPSA) is 74.2 Å². The number of rotatable bonds is 8. The van der Waals surface area contributed by atoms with Gasteiger partial charge < -0.3 is 15.1 Å². The average Bonchev–Trinajstić information content (AvgIpc) is 3.45. The largest absolute Gasteiger partial charge is 0.436 e. The van der Waals surface area contributed by atoms with Crippen LogP contribution in [0.3, 0.4) is 0 Å². The van der Waals surface area contributed by atoms with Crippen molar-refractivity contribution in [1.29, 1.82) is 0 Å². The summed E-state index contributed by atoms with van der Waals surface area (Å²) < 4.78 is 0. The molecule has 230 valence electrons. The number of amides is 1. The zero-order chi connectivity index (χ0) is 29.6. The molecule has 1 saturated heterocycles. The van der Waals surface area contributed by atoms with E-state index in [-0.39, 0.29) is 22.3 Å². The van der Waals surface area contributed by atoms with Gasteiger partial charge in [-0.25, -0.2) is 4.79 Å². The van der Waals surface area contributed by atoms with Gasteiger partial charge in [0.25, 0.3) is 0 Å². The third kappa shape index (κ3) is 5.91. The number of hydrogen-bond donors (Lipinski definition) is 1. The van der Waals surface area contributed by atoms with Gasteiger partial charge in [0.1, 0.15) is 0 Å². The van der Waals surface area contributed by atoms with Crippen molar-refractivity contribution in [2.24, 2.45) is 45.1 Å². The number of hydrogen-bond acceptors (Lipinski definition) is 6. The van der Waals surface area contributed by atoms with Crippen LogP contribution in [-0.2, 0) is 9.63 Å². The number of nitrogens with zero attached hydrogens (tertiary/aromatic N) is 3. The van der Waals surface area contributed by atoms with Crippen molar-refractivity contribution in [3.05, 3.63) is 11.6 Å². The molecular formula is C34H56N4O3. The van der Waals surface area contributed by atoms with Crippen LogP contribution in [0.2, 0.25) is 0 Å². The van der Waals surface area contributed by atoms with Crippen LogP contribution in [-0.4, -0.2) is 73.7 Å². The zero-order valence-electron chi connectivity index (χ0n) is 26.9. The number of fused-ring (bicyclic) bond motifs is 5. The lowest BCUT2D eigenvalue weighted by Gasteiger charge is -2.58. The summed E-state index contributed by atoms with van der Waals surface area (Å²) in [5, 5.41) is 8.17. The molecule has 0 radical (unpaired) electrons. The molecule has 1 heterocycles. The van der Waals surface area contributed by atoms with Crippen LogP contribution in [0.15, 0.2) is 16.8 Å². The molecule has 1 amide bonds. The van der Waals surface area contributed by atoms with Gasteiger partial charge in [-0.2, -0.15) is 0 Å². The van der Waals surface area contributed by atoms with Crippen LogP contribution in [0.25, 0.3) is 0 Å². The molecule has 7 atom stereocenters. The van der Waals surface area contributed by atoms with E-state index >= 15 is 0 Å². The molecule has 1 N–H and O–H groups in total. The van der Waals surface area contributed by atoms with Gasteiger partial charge in [-0.15, -0.1) is 0 Å². The number of carbonyl (C=O) groups excluding carboxylic acids is 2. The molecule has 3 saturated carbocycles. The summed E-state index contributed by atoms with van der Waals surface area (Å²) in [6.45, 7) is 14.8. The first-order valence-electron chi connectivity index (χ1n) is 16.5. The van der Waals surface area contributed by atoms with Crippen LogP contribution in [0, 0.1) is 39.9 Å². The minimum atomic E-state index is -0.322. The zero-order valence-corrected chi connectivity index (χ0v) is 26.9. The normalized spacial score (nSPS) is 38.2. The third-order valence-electron chi connectivity index (χ3n) is 12.6. The molecule has 5 aliphatic rings. The molecule has 0 aromatic heterocycles. The molecule has 4 aliphatic carbocycles. The molecule has 0 bridgehead atoms. The van der Waals surface area contributed by atoms with Crippen LogP contribution >= 0.6 is 0 Å². The summed E-state index contributed by atoms with van der Waals surface area (Å²) in [5.74, 6) is 2.78. The van der Waals surface area contributed by atoms with E-state index in [9.17, 15) is 9.59 Å². The second-order valence-corrected chi connectivity index (χ2v) is 15.6. The van der Waals surface area contributed by atoms with Gasteiger partial charge in [0.2, 0.25) is 0 Å². The molecule has 0 aromatic rings. The summed E-state index contributed by atoms with van der Waals surface area (Å²) in [7, 11) is 4.08. The second kappa shape index (κ2) is 11.7. The van der Waals surface area contributed by atoms with E-state index in [1.807, 2.05) is 25.1 Å². The Morgan fingerprint density at radius 1 is 1.00 bits per heavy atom. The van der Waals surface area contributed by atoms with E-state index in [0.29, 0.717) is 49.1 Å². The summed E-state index contributed by atoms with van der Waals surface area (Å²) >= 11 is 0. The third-order valence-corrected chi connectivity index (χ3v) is 12.6. The highest BCUT2D eigenvalue weighted by Gasteiger charge is 2.59. The number of likely N-dealkylation sites (N-methyl/N-ethyl adjacent to an activating group) is 1. The Bertz CT molecular complexity index is 1070. The van der Waals surface area contributed by atoms with E-state index in [4.69, 9.17) is 4.84 Å². The molecule has 7 heteroatoms. The molecule has 7 nitrogen and oxygen atoms in total. The summed E-state index contributed by atoms with van der Waals surface area (Å²) in [5.41, 5.74) is 3.08. The summed E-state index contributed by atoms with van der Waals surface area (Å²) in [6.07, 6.45) is 12.6. The molecule has 4 fully saturated rings. The Morgan fingerprint density at radius 3 is 2.49 bits per heavy atom. The average molecular weight is 569 g/mol. The van der Waals surface area contributed by atoms with Gasteiger partial charge in [0.15, 0.2) is 5.78 Å². The van der Waals surface area contributed by atoms with Crippen molar-refractivity contribution in [3.8, 4) is 0 Å². The molecule has 41 heavy (non-hydrogen) atoms. The van der Waals surface area contributed by atoms with Crippen molar-refractivity contribution < 1.29 is 14.4 Å². The summed E-state index contributed by atoms with van der Waals surface area (Å²) in [6, 6.07) is 0.413. The minimum absolute atomic E-state index is 0.202. The van der Waals surface area contributed by atoms with Crippen molar-refractivity contribution in [3.63, 3.8) is 0 Å². The maximum Gasteiger partial charge on any atom is 0.436 e. The van der Waals surface area contributed by atoms with Gasteiger partial charge >= 0.3 is 6.09 Å². The fourth-order valence-electron chi connectivity index (χ4n) is 9.89. The van der Waals surface area contributed by atoms with Gasteiger partial charge in [0, 0.05) is 38.0 Å². The lowest BCUT2D eigenvalue weighted by atomic mass is 9.46. The van der Waals surface area contributed by atoms with Gasteiger partial charge in [-0.1, -0.05) is 38.4 Å². The predicted octanol–water partition coefficient (Wildman–Crippen LogP) is 6.29. The Kier molecular flexibility index (Phi) is 8.80. The number of allylic oxidation sites excluding steroid dienone is 1. The Balaban J connectivity index is 1.24. The highest BCUT2D eigenvalue weighted by Crippen LogP contribution is 2.66. The Morgan fingerprint density at radius 2 is 1.78 bits per heavy atom. The van der Waals surface area contributed by atoms with Crippen LogP contribution in [0.1, 0.15) is 98.8 Å². The van der Waals surface area contributed by atoms with E-state index in [0.717, 1.165) is 50.4 Å². The SMILES string of the molecule is C/C(=N\OC(=O)N(CCC1NCCC1(C)C)CCN(C)C)[C@H]1CC[C@H]2[C@@H]3CCC4=CC(=O)CC[C@]4(C)[C@H]3CC[C@]12C. The number of oxime groups is 1. The number of carbonyl (C=O) groups is 2. The highest BCUT2D eigenvalue weighted by molar-refractivity contribution is 5.91.